The van der Waals surface area contributed by atoms with E-state index in [0.717, 1.165) is 19.5 Å². The third-order valence-corrected chi connectivity index (χ3v) is 5.52. The fraction of sp³-hybridized carbons (Fsp3) is 0.263. The molecule has 1 N–H and O–H groups in total. The van der Waals surface area contributed by atoms with Crippen molar-refractivity contribution in [2.24, 2.45) is 0 Å². The van der Waals surface area contributed by atoms with Crippen LogP contribution in [0.25, 0.3) is 10.9 Å². The van der Waals surface area contributed by atoms with Crippen LogP contribution in [0, 0.1) is 13.8 Å². The Morgan fingerprint density at radius 2 is 2.00 bits per heavy atom. The van der Waals surface area contributed by atoms with Crippen molar-refractivity contribution in [3.05, 3.63) is 64.8 Å². The second-order valence-corrected chi connectivity index (χ2v) is 7.09. The molecule has 1 aliphatic heterocycles. The molecule has 3 heteroatoms. The van der Waals surface area contributed by atoms with Gasteiger partial charge in [0.1, 0.15) is 0 Å². The molecule has 0 saturated carbocycles. The van der Waals surface area contributed by atoms with E-state index in [0.29, 0.717) is 0 Å². The second-order valence-electron chi connectivity index (χ2n) is 6.08. The van der Waals surface area contributed by atoms with E-state index in [1.165, 1.54) is 38.1 Å². The Hall–Kier alpha value is -1.71. The van der Waals surface area contributed by atoms with Crippen molar-refractivity contribution in [3.8, 4) is 0 Å². The SMILES string of the molecule is Cc1ccc(C)c(Sn2cc3c4c(cccc42)CNCC3)c1. The maximum atomic E-state index is 3.51. The molecule has 1 aromatic heterocycles. The van der Waals surface area contributed by atoms with Crippen LogP contribution in [-0.4, -0.2) is 10.5 Å². The molecule has 112 valence electrons. The lowest BCUT2D eigenvalue weighted by molar-refractivity contribution is 0.701. The predicted molar refractivity (Wildman–Crippen MR) is 94.5 cm³/mol. The fourth-order valence-corrected chi connectivity index (χ4v) is 4.28. The highest BCUT2D eigenvalue weighted by molar-refractivity contribution is 7.98. The molecule has 4 rings (SSSR count). The van der Waals surface area contributed by atoms with E-state index in [-0.39, 0.29) is 0 Å². The number of hydrogen-bond donors (Lipinski definition) is 1. The molecule has 0 bridgehead atoms. The number of nitrogens with one attached hydrogen (secondary N) is 1. The van der Waals surface area contributed by atoms with E-state index in [2.05, 4.69) is 65.7 Å². The summed E-state index contributed by atoms with van der Waals surface area (Å²) in [6.07, 6.45) is 3.43. The molecule has 0 spiro atoms. The molecule has 0 aliphatic carbocycles. The quantitative estimate of drug-likeness (QED) is 0.753. The van der Waals surface area contributed by atoms with Crippen LogP contribution in [0.4, 0.5) is 0 Å². The lowest BCUT2D eigenvalue weighted by atomic mass is 10.1. The van der Waals surface area contributed by atoms with Crippen LogP contribution in [0.1, 0.15) is 22.3 Å². The van der Waals surface area contributed by atoms with Gasteiger partial charge in [-0.15, -0.1) is 0 Å². The number of aryl methyl sites for hydroxylation is 2. The molecule has 0 saturated heterocycles. The molecule has 0 amide bonds. The van der Waals surface area contributed by atoms with Crippen molar-refractivity contribution in [2.75, 3.05) is 6.54 Å². The van der Waals surface area contributed by atoms with Crippen LogP contribution in [0.2, 0.25) is 0 Å². The van der Waals surface area contributed by atoms with Crippen molar-refractivity contribution >= 4 is 22.9 Å². The minimum absolute atomic E-state index is 0.975. The Balaban J connectivity index is 1.84. The van der Waals surface area contributed by atoms with Gasteiger partial charge < -0.3 is 5.32 Å². The first-order valence-electron chi connectivity index (χ1n) is 7.80. The van der Waals surface area contributed by atoms with Gasteiger partial charge in [0.05, 0.1) is 5.52 Å². The molecule has 2 nitrogen and oxygen atoms in total. The summed E-state index contributed by atoms with van der Waals surface area (Å²) in [4.78, 5) is 1.34. The van der Waals surface area contributed by atoms with Crippen LogP contribution < -0.4 is 5.32 Å². The van der Waals surface area contributed by atoms with Gasteiger partial charge in [-0.3, -0.25) is 3.97 Å². The lowest BCUT2D eigenvalue weighted by Crippen LogP contribution is -2.13. The maximum Gasteiger partial charge on any atom is 0.0600 e. The van der Waals surface area contributed by atoms with Gasteiger partial charge in [-0.05, 0) is 73.1 Å². The van der Waals surface area contributed by atoms with Crippen molar-refractivity contribution in [1.29, 1.82) is 0 Å². The number of rotatable bonds is 2. The van der Waals surface area contributed by atoms with E-state index in [1.54, 1.807) is 0 Å². The summed E-state index contributed by atoms with van der Waals surface area (Å²) < 4.78 is 2.35. The summed E-state index contributed by atoms with van der Waals surface area (Å²) >= 11 is 1.83. The van der Waals surface area contributed by atoms with Gasteiger partial charge in [0.15, 0.2) is 0 Å². The summed E-state index contributed by atoms with van der Waals surface area (Å²) in [5, 5.41) is 4.96. The van der Waals surface area contributed by atoms with Crippen LogP contribution in [0.5, 0.6) is 0 Å². The zero-order valence-corrected chi connectivity index (χ0v) is 13.8. The highest BCUT2D eigenvalue weighted by atomic mass is 32.2. The van der Waals surface area contributed by atoms with Crippen LogP contribution >= 0.6 is 11.9 Å². The highest BCUT2D eigenvalue weighted by Crippen LogP contribution is 2.34. The molecule has 0 atom stereocenters. The molecule has 2 aromatic carbocycles. The van der Waals surface area contributed by atoms with Gasteiger partial charge in [0.2, 0.25) is 0 Å². The largest absolute Gasteiger partial charge is 0.312 e. The van der Waals surface area contributed by atoms with Crippen LogP contribution in [0.3, 0.4) is 0 Å². The Morgan fingerprint density at radius 3 is 2.91 bits per heavy atom. The van der Waals surface area contributed by atoms with E-state index in [9.17, 15) is 0 Å². The van der Waals surface area contributed by atoms with Crippen molar-refractivity contribution in [1.82, 2.24) is 9.29 Å². The molecular formula is C19H20N2S. The normalized spacial score (nSPS) is 14.3. The second kappa shape index (κ2) is 5.49. The number of nitrogens with zero attached hydrogens (tertiary/aromatic N) is 1. The van der Waals surface area contributed by atoms with E-state index < -0.39 is 0 Å². The van der Waals surface area contributed by atoms with Gasteiger partial charge in [-0.2, -0.15) is 0 Å². The predicted octanol–water partition coefficient (Wildman–Crippen LogP) is 4.46. The minimum Gasteiger partial charge on any atom is -0.312 e. The van der Waals surface area contributed by atoms with Gasteiger partial charge >= 0.3 is 0 Å². The molecule has 0 unspecified atom stereocenters. The summed E-state index contributed by atoms with van der Waals surface area (Å²) in [6.45, 7) is 6.38. The summed E-state index contributed by atoms with van der Waals surface area (Å²) in [5.41, 5.74) is 6.88. The topological polar surface area (TPSA) is 17.0 Å². The zero-order chi connectivity index (χ0) is 15.1. The minimum atomic E-state index is 0.975. The molecule has 2 heterocycles. The number of aromatic nitrogens is 1. The van der Waals surface area contributed by atoms with Crippen LogP contribution in [-0.2, 0) is 13.0 Å². The molecule has 1 aliphatic rings. The summed E-state index contributed by atoms with van der Waals surface area (Å²) in [6, 6.07) is 13.3. The first-order valence-corrected chi connectivity index (χ1v) is 8.58. The van der Waals surface area contributed by atoms with Gasteiger partial charge in [-0.1, -0.05) is 24.3 Å². The average Bonchev–Trinajstić information content (AvgIpc) is 2.72. The highest BCUT2D eigenvalue weighted by Gasteiger charge is 2.15. The Bertz CT molecular complexity index is 848. The molecule has 3 aromatic rings. The van der Waals surface area contributed by atoms with Crippen molar-refractivity contribution in [2.45, 2.75) is 31.7 Å². The van der Waals surface area contributed by atoms with Crippen molar-refractivity contribution in [3.63, 3.8) is 0 Å². The standard InChI is InChI=1S/C19H20N2S/c1-13-6-7-14(2)18(10-13)22-21-12-16-8-9-20-11-15-4-3-5-17(21)19(15)16/h3-7,10,12,20H,8-9,11H2,1-2H3. The van der Waals surface area contributed by atoms with E-state index in [1.807, 2.05) is 11.9 Å². The summed E-state index contributed by atoms with van der Waals surface area (Å²) in [5.74, 6) is 0. The number of hydrogen-bond acceptors (Lipinski definition) is 2. The Kier molecular flexibility index (Phi) is 3.47. The maximum absolute atomic E-state index is 3.51. The number of benzene rings is 2. The molecule has 0 fully saturated rings. The fourth-order valence-electron chi connectivity index (χ4n) is 3.19. The lowest BCUT2D eigenvalue weighted by Gasteiger charge is -2.09. The molecule has 0 radical (unpaired) electrons. The van der Waals surface area contributed by atoms with Gasteiger partial charge in [-0.25, -0.2) is 0 Å². The third kappa shape index (κ3) is 2.34. The molecular weight excluding hydrogens is 288 g/mol. The van der Waals surface area contributed by atoms with Gasteiger partial charge in [0.25, 0.3) is 0 Å². The smallest absolute Gasteiger partial charge is 0.0600 e. The monoisotopic (exact) mass is 308 g/mol. The Labute approximate surface area is 135 Å². The Morgan fingerprint density at radius 1 is 1.09 bits per heavy atom. The van der Waals surface area contributed by atoms with E-state index >= 15 is 0 Å². The van der Waals surface area contributed by atoms with Crippen molar-refractivity contribution < 1.29 is 0 Å². The van der Waals surface area contributed by atoms with Gasteiger partial charge in [0, 0.05) is 23.0 Å². The third-order valence-electron chi connectivity index (χ3n) is 4.39. The summed E-state index contributed by atoms with van der Waals surface area (Å²) in [7, 11) is 0. The van der Waals surface area contributed by atoms with E-state index in [4.69, 9.17) is 0 Å². The first-order chi connectivity index (χ1) is 10.7. The molecule has 22 heavy (non-hydrogen) atoms. The average molecular weight is 308 g/mol. The zero-order valence-electron chi connectivity index (χ0n) is 13.0. The van der Waals surface area contributed by atoms with Crippen LogP contribution in [0.15, 0.2) is 47.5 Å². The first kappa shape index (κ1) is 13.9.